The van der Waals surface area contributed by atoms with Gasteiger partial charge in [-0.15, -0.1) is 0 Å². The second-order valence-electron chi connectivity index (χ2n) is 8.51. The van der Waals surface area contributed by atoms with Gasteiger partial charge in [-0.1, -0.05) is 12.1 Å². The van der Waals surface area contributed by atoms with Crippen molar-refractivity contribution in [1.82, 2.24) is 13.9 Å². The molecule has 9 nitrogen and oxygen atoms in total. The number of carbonyl (C=O) groups is 1. The highest BCUT2D eigenvalue weighted by Gasteiger charge is 2.44. The standard InChI is InChI=1S/C22H33N3O6S/c1-2-29-20-7-5-18(6-8-20)16-23-21(26)19-4-3-11-25(17-19)32(27,28)24-12-9-22(10-13-24)30-14-15-31-22/h5-8,19H,2-4,9-17H2,1H3,(H,23,26)/t19-/m1/s1. The summed E-state index contributed by atoms with van der Waals surface area (Å²) in [6, 6.07) is 7.60. The monoisotopic (exact) mass is 467 g/mol. The van der Waals surface area contributed by atoms with E-state index in [9.17, 15) is 13.2 Å². The molecule has 0 unspecified atom stereocenters. The molecule has 3 fully saturated rings. The number of carbonyl (C=O) groups excluding carboxylic acids is 1. The summed E-state index contributed by atoms with van der Waals surface area (Å²) in [7, 11) is -3.61. The highest BCUT2D eigenvalue weighted by molar-refractivity contribution is 7.86. The molecule has 1 atom stereocenters. The molecule has 1 spiro atoms. The van der Waals surface area contributed by atoms with Crippen LogP contribution >= 0.6 is 0 Å². The first-order valence-corrected chi connectivity index (χ1v) is 12.8. The number of hydrogen-bond acceptors (Lipinski definition) is 6. The third-order valence-corrected chi connectivity index (χ3v) is 8.41. The Morgan fingerprint density at radius 3 is 2.47 bits per heavy atom. The molecule has 4 rings (SSSR count). The number of piperidine rings is 2. The van der Waals surface area contributed by atoms with Crippen LogP contribution in [0.2, 0.25) is 0 Å². The van der Waals surface area contributed by atoms with Crippen molar-refractivity contribution >= 4 is 16.1 Å². The van der Waals surface area contributed by atoms with Crippen molar-refractivity contribution < 1.29 is 27.4 Å². The topological polar surface area (TPSA) is 97.4 Å². The number of nitrogens with one attached hydrogen (secondary N) is 1. The molecule has 0 saturated carbocycles. The van der Waals surface area contributed by atoms with Crippen LogP contribution in [0.1, 0.15) is 38.2 Å². The minimum atomic E-state index is -3.61. The van der Waals surface area contributed by atoms with Gasteiger partial charge in [-0.05, 0) is 37.5 Å². The quantitative estimate of drug-likeness (QED) is 0.653. The van der Waals surface area contributed by atoms with E-state index >= 15 is 0 Å². The first kappa shape index (κ1) is 23.4. The number of benzene rings is 1. The molecule has 0 bridgehead atoms. The van der Waals surface area contributed by atoms with Gasteiger partial charge in [-0.2, -0.15) is 17.0 Å². The SMILES string of the molecule is CCOc1ccc(CNC(=O)[C@@H]2CCCN(S(=O)(=O)N3CCC4(CC3)OCCO4)C2)cc1. The van der Waals surface area contributed by atoms with Gasteiger partial charge in [-0.25, -0.2) is 0 Å². The van der Waals surface area contributed by atoms with E-state index < -0.39 is 16.0 Å². The normalized spacial score (nSPS) is 24.5. The lowest BCUT2D eigenvalue weighted by molar-refractivity contribution is -0.179. The summed E-state index contributed by atoms with van der Waals surface area (Å²) < 4.78 is 46.2. The fraction of sp³-hybridized carbons (Fsp3) is 0.682. The van der Waals surface area contributed by atoms with Gasteiger partial charge in [0, 0.05) is 45.6 Å². The van der Waals surface area contributed by atoms with Gasteiger partial charge in [0.25, 0.3) is 10.2 Å². The van der Waals surface area contributed by atoms with Gasteiger partial charge < -0.3 is 19.5 Å². The zero-order valence-electron chi connectivity index (χ0n) is 18.6. The van der Waals surface area contributed by atoms with Crippen LogP contribution in [-0.2, 0) is 31.0 Å². The predicted molar refractivity (Wildman–Crippen MR) is 118 cm³/mol. The predicted octanol–water partition coefficient (Wildman–Crippen LogP) is 1.50. The molecule has 32 heavy (non-hydrogen) atoms. The largest absolute Gasteiger partial charge is 0.494 e. The van der Waals surface area contributed by atoms with Crippen molar-refractivity contribution in [3.8, 4) is 5.75 Å². The minimum Gasteiger partial charge on any atom is -0.494 e. The van der Waals surface area contributed by atoms with Crippen LogP contribution in [0.5, 0.6) is 5.75 Å². The molecule has 1 aromatic rings. The van der Waals surface area contributed by atoms with Crippen LogP contribution in [0.15, 0.2) is 24.3 Å². The van der Waals surface area contributed by atoms with E-state index in [-0.39, 0.29) is 18.4 Å². The smallest absolute Gasteiger partial charge is 0.282 e. The van der Waals surface area contributed by atoms with E-state index in [0.29, 0.717) is 71.7 Å². The molecule has 0 radical (unpaired) electrons. The molecule has 1 N–H and O–H groups in total. The molecule has 3 saturated heterocycles. The van der Waals surface area contributed by atoms with E-state index in [1.807, 2.05) is 31.2 Å². The zero-order chi connectivity index (χ0) is 22.6. The Kier molecular flexibility index (Phi) is 7.36. The fourth-order valence-corrected chi connectivity index (χ4v) is 6.28. The van der Waals surface area contributed by atoms with Gasteiger partial charge in [-0.3, -0.25) is 4.79 Å². The Morgan fingerprint density at radius 1 is 1.12 bits per heavy atom. The lowest BCUT2D eigenvalue weighted by Crippen LogP contribution is -2.54. The second-order valence-corrected chi connectivity index (χ2v) is 10.4. The third kappa shape index (κ3) is 5.26. The summed E-state index contributed by atoms with van der Waals surface area (Å²) in [4.78, 5) is 12.8. The number of hydrogen-bond donors (Lipinski definition) is 1. The van der Waals surface area contributed by atoms with Gasteiger partial charge >= 0.3 is 0 Å². The minimum absolute atomic E-state index is 0.107. The van der Waals surface area contributed by atoms with Gasteiger partial charge in [0.05, 0.1) is 25.7 Å². The van der Waals surface area contributed by atoms with E-state index in [4.69, 9.17) is 14.2 Å². The zero-order valence-corrected chi connectivity index (χ0v) is 19.4. The molecular weight excluding hydrogens is 434 g/mol. The maximum absolute atomic E-state index is 13.2. The number of nitrogens with zero attached hydrogens (tertiary/aromatic N) is 2. The molecule has 3 heterocycles. The van der Waals surface area contributed by atoms with E-state index in [0.717, 1.165) is 11.3 Å². The second kappa shape index (κ2) is 10.0. The highest BCUT2D eigenvalue weighted by Crippen LogP contribution is 2.33. The van der Waals surface area contributed by atoms with Crippen LogP contribution in [0.3, 0.4) is 0 Å². The molecule has 10 heteroatoms. The van der Waals surface area contributed by atoms with Crippen LogP contribution in [0, 0.1) is 5.92 Å². The van der Waals surface area contributed by atoms with Crippen molar-refractivity contribution in [3.63, 3.8) is 0 Å². The average molecular weight is 468 g/mol. The highest BCUT2D eigenvalue weighted by atomic mass is 32.2. The number of ether oxygens (including phenoxy) is 3. The number of rotatable bonds is 7. The van der Waals surface area contributed by atoms with E-state index in [1.54, 1.807) is 0 Å². The number of amides is 1. The first-order valence-electron chi connectivity index (χ1n) is 11.4. The molecule has 0 aromatic heterocycles. The average Bonchev–Trinajstić information content (AvgIpc) is 3.26. The van der Waals surface area contributed by atoms with Crippen LogP contribution in [-0.4, -0.2) is 74.7 Å². The fourth-order valence-electron chi connectivity index (χ4n) is 4.58. The van der Waals surface area contributed by atoms with Gasteiger partial charge in [0.2, 0.25) is 5.91 Å². The molecule has 0 aliphatic carbocycles. The molecule has 1 aromatic carbocycles. The lowest BCUT2D eigenvalue weighted by Gasteiger charge is -2.40. The summed E-state index contributed by atoms with van der Waals surface area (Å²) >= 11 is 0. The van der Waals surface area contributed by atoms with Crippen molar-refractivity contribution in [1.29, 1.82) is 0 Å². The Balaban J connectivity index is 1.29. The van der Waals surface area contributed by atoms with E-state index in [1.165, 1.54) is 8.61 Å². The lowest BCUT2D eigenvalue weighted by atomic mass is 9.99. The molecule has 3 aliphatic heterocycles. The van der Waals surface area contributed by atoms with Crippen LogP contribution in [0.4, 0.5) is 0 Å². The Labute approximate surface area is 190 Å². The van der Waals surface area contributed by atoms with Crippen LogP contribution < -0.4 is 10.1 Å². The Morgan fingerprint density at radius 2 is 1.81 bits per heavy atom. The summed E-state index contributed by atoms with van der Waals surface area (Å²) in [5.74, 6) is -0.273. The van der Waals surface area contributed by atoms with Gasteiger partial charge in [0.1, 0.15) is 5.75 Å². The Bertz CT molecular complexity index is 875. The summed E-state index contributed by atoms with van der Waals surface area (Å²) in [5, 5.41) is 2.96. The van der Waals surface area contributed by atoms with Gasteiger partial charge in [0.15, 0.2) is 5.79 Å². The maximum atomic E-state index is 13.2. The summed E-state index contributed by atoms with van der Waals surface area (Å²) in [6.45, 7) is 5.47. The molecule has 3 aliphatic rings. The van der Waals surface area contributed by atoms with Crippen LogP contribution in [0.25, 0.3) is 0 Å². The molecule has 1 amide bonds. The van der Waals surface area contributed by atoms with Crippen molar-refractivity contribution in [2.24, 2.45) is 5.92 Å². The molecule has 178 valence electrons. The molecular formula is C22H33N3O6S. The van der Waals surface area contributed by atoms with Crippen molar-refractivity contribution in [2.45, 2.75) is 44.9 Å². The first-order chi connectivity index (χ1) is 15.4. The third-order valence-electron chi connectivity index (χ3n) is 6.41. The Hall–Kier alpha value is -1.72. The maximum Gasteiger partial charge on any atom is 0.282 e. The summed E-state index contributed by atoms with van der Waals surface area (Å²) in [6.07, 6.45) is 2.43. The van der Waals surface area contributed by atoms with Crippen molar-refractivity contribution in [2.75, 3.05) is 46.0 Å². The van der Waals surface area contributed by atoms with E-state index in [2.05, 4.69) is 5.32 Å². The van der Waals surface area contributed by atoms with Crippen molar-refractivity contribution in [3.05, 3.63) is 29.8 Å². The summed E-state index contributed by atoms with van der Waals surface area (Å²) in [5.41, 5.74) is 0.973.